The Hall–Kier alpha value is -3.01. The van der Waals surface area contributed by atoms with E-state index < -0.39 is 6.29 Å². The maximum Gasteiger partial charge on any atom is 0.184 e. The molecule has 1 aliphatic heterocycles. The van der Waals surface area contributed by atoms with Crippen LogP contribution >= 0.6 is 11.8 Å². The van der Waals surface area contributed by atoms with Crippen LogP contribution < -0.4 is 5.73 Å². The molecule has 1 fully saturated rings. The number of hydrogen-bond acceptors (Lipinski definition) is 7. The van der Waals surface area contributed by atoms with Crippen LogP contribution in [-0.2, 0) is 22.6 Å². The van der Waals surface area contributed by atoms with E-state index in [-0.39, 0.29) is 24.7 Å². The van der Waals surface area contributed by atoms with E-state index in [1.54, 1.807) is 11.8 Å². The van der Waals surface area contributed by atoms with Crippen LogP contribution in [0.3, 0.4) is 0 Å². The molecule has 186 valence electrons. The van der Waals surface area contributed by atoms with Gasteiger partial charge in [-0.2, -0.15) is 5.10 Å². The minimum absolute atomic E-state index is 0.0156. The van der Waals surface area contributed by atoms with Gasteiger partial charge in [0, 0.05) is 23.8 Å². The Morgan fingerprint density at radius 2 is 1.72 bits per heavy atom. The molecule has 4 atom stereocenters. The maximum atomic E-state index is 9.46. The Morgan fingerprint density at radius 3 is 2.44 bits per heavy atom. The molecule has 1 aliphatic rings. The number of nitrogens with two attached hydrogens (primary N) is 1. The molecule has 0 spiro atoms. The Morgan fingerprint density at radius 1 is 0.944 bits per heavy atom. The van der Waals surface area contributed by atoms with Crippen molar-refractivity contribution in [1.82, 2.24) is 15.2 Å². The number of aliphatic hydroxyl groups excluding tert-OH is 1. The molecule has 3 aromatic carbocycles. The average molecular weight is 503 g/mol. The SMILES string of the molecule is C[C@@H]1[C@H](CSc2ncn[nH]2)O[C@H](c2cccc(-c3cccc(CN)c3)c2)O[C@@H]1c1ccc(CO)cc1. The molecule has 8 heteroatoms. The summed E-state index contributed by atoms with van der Waals surface area (Å²) >= 11 is 1.59. The fourth-order valence-electron chi connectivity index (χ4n) is 4.48. The van der Waals surface area contributed by atoms with Crippen molar-refractivity contribution in [2.45, 2.75) is 43.7 Å². The number of rotatable bonds is 8. The van der Waals surface area contributed by atoms with Gasteiger partial charge >= 0.3 is 0 Å². The summed E-state index contributed by atoms with van der Waals surface area (Å²) in [6, 6.07) is 24.5. The molecular formula is C28H30N4O3S. The minimum Gasteiger partial charge on any atom is -0.392 e. The summed E-state index contributed by atoms with van der Waals surface area (Å²) in [5.41, 5.74) is 12.0. The molecule has 0 unspecified atom stereocenters. The summed E-state index contributed by atoms with van der Waals surface area (Å²) in [6.07, 6.45) is 0.740. The zero-order valence-electron chi connectivity index (χ0n) is 20.1. The zero-order valence-corrected chi connectivity index (χ0v) is 20.9. The van der Waals surface area contributed by atoms with Crippen molar-refractivity contribution in [3.63, 3.8) is 0 Å². The molecule has 7 nitrogen and oxygen atoms in total. The average Bonchev–Trinajstić information content (AvgIpc) is 3.46. The molecule has 1 saturated heterocycles. The van der Waals surface area contributed by atoms with E-state index in [9.17, 15) is 5.11 Å². The smallest absolute Gasteiger partial charge is 0.184 e. The first-order valence-electron chi connectivity index (χ1n) is 12.0. The summed E-state index contributed by atoms with van der Waals surface area (Å²) < 4.78 is 13.1. The summed E-state index contributed by atoms with van der Waals surface area (Å²) in [6.45, 7) is 2.67. The largest absolute Gasteiger partial charge is 0.392 e. The van der Waals surface area contributed by atoms with Gasteiger partial charge in [-0.25, -0.2) is 4.98 Å². The summed E-state index contributed by atoms with van der Waals surface area (Å²) in [4.78, 5) is 4.24. The minimum atomic E-state index is -0.526. The summed E-state index contributed by atoms with van der Waals surface area (Å²) in [5, 5.41) is 17.1. The Kier molecular flexibility index (Phi) is 7.79. The molecular weight excluding hydrogens is 472 g/mol. The van der Waals surface area contributed by atoms with E-state index >= 15 is 0 Å². The van der Waals surface area contributed by atoms with Crippen molar-refractivity contribution in [1.29, 1.82) is 0 Å². The van der Waals surface area contributed by atoms with E-state index in [1.807, 2.05) is 48.5 Å². The second-order valence-corrected chi connectivity index (χ2v) is 9.96. The van der Waals surface area contributed by atoms with Crippen LogP contribution in [0.1, 0.15) is 41.6 Å². The molecule has 4 N–H and O–H groups in total. The number of aromatic amines is 1. The maximum absolute atomic E-state index is 9.46. The lowest BCUT2D eigenvalue weighted by Crippen LogP contribution is -2.38. The number of nitrogens with one attached hydrogen (secondary N) is 1. The van der Waals surface area contributed by atoms with Crippen LogP contribution in [0.2, 0.25) is 0 Å². The topological polar surface area (TPSA) is 106 Å². The second-order valence-electron chi connectivity index (χ2n) is 8.95. The second kappa shape index (κ2) is 11.4. The molecule has 4 aromatic rings. The van der Waals surface area contributed by atoms with Crippen molar-refractivity contribution < 1.29 is 14.6 Å². The van der Waals surface area contributed by atoms with Crippen molar-refractivity contribution in [2.75, 3.05) is 5.75 Å². The molecule has 0 aliphatic carbocycles. The number of aromatic nitrogens is 3. The van der Waals surface area contributed by atoms with Gasteiger partial charge < -0.3 is 20.3 Å². The molecule has 2 heterocycles. The van der Waals surface area contributed by atoms with Gasteiger partial charge in [-0.1, -0.05) is 79.3 Å². The third-order valence-electron chi connectivity index (χ3n) is 6.56. The number of benzene rings is 3. The lowest BCUT2D eigenvalue weighted by molar-refractivity contribution is -0.268. The number of nitrogens with zero attached hydrogens (tertiary/aromatic N) is 2. The molecule has 1 aromatic heterocycles. The standard InChI is InChI=1S/C28H30N4O3S/c1-18-25(16-36-28-30-17-31-32-28)34-27(35-26(18)21-10-8-19(15-33)9-11-21)24-7-3-6-23(13-24)22-5-2-4-20(12-22)14-29/h2-13,17-18,25-27,33H,14-16,29H2,1H3,(H,30,31,32)/t18-,25+,26+,27+/m1/s1. The fraction of sp³-hybridized carbons (Fsp3) is 0.286. The molecule has 0 bridgehead atoms. The first-order chi connectivity index (χ1) is 17.6. The highest BCUT2D eigenvalue weighted by atomic mass is 32.2. The Bertz CT molecular complexity index is 1270. The third kappa shape index (κ3) is 5.53. The van der Waals surface area contributed by atoms with E-state index in [4.69, 9.17) is 15.2 Å². The summed E-state index contributed by atoms with van der Waals surface area (Å²) in [7, 11) is 0. The third-order valence-corrected chi connectivity index (χ3v) is 7.52. The van der Waals surface area contributed by atoms with Gasteiger partial charge in [-0.3, -0.25) is 5.10 Å². The number of ether oxygens (including phenoxy) is 2. The first kappa shape index (κ1) is 24.7. The van der Waals surface area contributed by atoms with E-state index in [0.717, 1.165) is 38.5 Å². The van der Waals surface area contributed by atoms with E-state index in [0.29, 0.717) is 12.3 Å². The molecule has 0 amide bonds. The number of hydrogen-bond donors (Lipinski definition) is 3. The monoisotopic (exact) mass is 502 g/mol. The lowest BCUT2D eigenvalue weighted by Gasteiger charge is -2.41. The molecule has 0 radical (unpaired) electrons. The van der Waals surface area contributed by atoms with Gasteiger partial charge in [0.1, 0.15) is 6.33 Å². The molecule has 5 rings (SSSR count). The van der Waals surface area contributed by atoms with Crippen LogP contribution in [0, 0.1) is 5.92 Å². The fourth-order valence-corrected chi connectivity index (χ4v) is 5.42. The number of thioether (sulfide) groups is 1. The van der Waals surface area contributed by atoms with E-state index in [1.165, 1.54) is 6.33 Å². The highest BCUT2D eigenvalue weighted by Crippen LogP contribution is 2.43. The highest BCUT2D eigenvalue weighted by Gasteiger charge is 2.38. The quantitative estimate of drug-likeness (QED) is 0.291. The van der Waals surface area contributed by atoms with Gasteiger partial charge in [0.2, 0.25) is 0 Å². The first-order valence-corrected chi connectivity index (χ1v) is 13.0. The van der Waals surface area contributed by atoms with Crippen molar-refractivity contribution in [3.8, 4) is 11.1 Å². The van der Waals surface area contributed by atoms with Gasteiger partial charge in [0.05, 0.1) is 18.8 Å². The summed E-state index contributed by atoms with van der Waals surface area (Å²) in [5.74, 6) is 0.806. The van der Waals surface area contributed by atoms with Gasteiger partial charge in [-0.15, -0.1) is 0 Å². The van der Waals surface area contributed by atoms with Crippen LogP contribution in [0.5, 0.6) is 0 Å². The van der Waals surface area contributed by atoms with Crippen molar-refractivity contribution >= 4 is 11.8 Å². The predicted molar refractivity (Wildman–Crippen MR) is 140 cm³/mol. The van der Waals surface area contributed by atoms with Crippen LogP contribution in [0.15, 0.2) is 84.3 Å². The predicted octanol–water partition coefficient (Wildman–Crippen LogP) is 5.01. The lowest BCUT2D eigenvalue weighted by atomic mass is 9.91. The van der Waals surface area contributed by atoms with Crippen LogP contribution in [-0.4, -0.2) is 32.1 Å². The van der Waals surface area contributed by atoms with Crippen molar-refractivity contribution in [3.05, 3.63) is 101 Å². The number of H-pyrrole nitrogens is 1. The van der Waals surface area contributed by atoms with E-state index in [2.05, 4.69) is 46.4 Å². The normalized spacial score (nSPS) is 22.0. The highest BCUT2D eigenvalue weighted by molar-refractivity contribution is 7.99. The Labute approximate surface area is 215 Å². The van der Waals surface area contributed by atoms with Crippen LogP contribution in [0.25, 0.3) is 11.1 Å². The van der Waals surface area contributed by atoms with Gasteiger partial charge in [-0.05, 0) is 39.9 Å². The molecule has 0 saturated carbocycles. The molecule has 36 heavy (non-hydrogen) atoms. The Balaban J connectivity index is 1.44. The number of aliphatic hydroxyl groups is 1. The van der Waals surface area contributed by atoms with Gasteiger partial charge in [0.15, 0.2) is 11.4 Å². The van der Waals surface area contributed by atoms with Gasteiger partial charge in [0.25, 0.3) is 0 Å². The zero-order chi connectivity index (χ0) is 24.9. The van der Waals surface area contributed by atoms with Crippen LogP contribution in [0.4, 0.5) is 0 Å². The van der Waals surface area contributed by atoms with Crippen molar-refractivity contribution in [2.24, 2.45) is 11.7 Å².